The van der Waals surface area contributed by atoms with Gasteiger partial charge in [-0.3, -0.25) is 10.1 Å². The Hall–Kier alpha value is -1.79. The van der Waals surface area contributed by atoms with Gasteiger partial charge in [-0.1, -0.05) is 30.1 Å². The average molecular weight is 374 g/mol. The molecule has 1 saturated carbocycles. The highest BCUT2D eigenvalue weighted by molar-refractivity contribution is 6.43. The number of allylic oxidation sites excluding steroid dienone is 1. The van der Waals surface area contributed by atoms with E-state index in [1.54, 1.807) is 0 Å². The number of nitrogens with zero attached hydrogens (tertiary/aromatic N) is 1. The van der Waals surface area contributed by atoms with Gasteiger partial charge in [0, 0.05) is 18.1 Å². The summed E-state index contributed by atoms with van der Waals surface area (Å²) < 4.78 is 5.60. The van der Waals surface area contributed by atoms with Crippen LogP contribution in [-0.4, -0.2) is 21.6 Å². The summed E-state index contributed by atoms with van der Waals surface area (Å²) in [5, 5.41) is 20.5. The summed E-state index contributed by atoms with van der Waals surface area (Å²) in [6.45, 7) is 1.84. The molecular formula is C16H17Cl2NO5. The zero-order valence-corrected chi connectivity index (χ0v) is 14.6. The van der Waals surface area contributed by atoms with Crippen molar-refractivity contribution in [1.82, 2.24) is 0 Å². The highest BCUT2D eigenvalue weighted by Gasteiger charge is 2.47. The molecule has 1 aliphatic carbocycles. The standard InChI is InChI=1S/C16H17Cl2NO5/c1-2-4-11(19(22)23)9-10-5-6-12(14(18)13(10)17)24-16(15(20)21)7-3-8-16/h5-6,9H,2-4,7-8H2,1H3,(H,20,21). The fraction of sp³-hybridized carbons (Fsp3) is 0.438. The van der Waals surface area contributed by atoms with Crippen LogP contribution in [0.25, 0.3) is 6.08 Å². The normalized spacial score (nSPS) is 16.4. The summed E-state index contributed by atoms with van der Waals surface area (Å²) in [6.07, 6.45) is 3.88. The molecule has 1 aromatic carbocycles. The van der Waals surface area contributed by atoms with Crippen molar-refractivity contribution in [3.63, 3.8) is 0 Å². The number of aliphatic carboxylic acids is 1. The molecule has 0 saturated heterocycles. The lowest BCUT2D eigenvalue weighted by Gasteiger charge is -2.37. The number of carbonyl (C=O) groups is 1. The van der Waals surface area contributed by atoms with Crippen molar-refractivity contribution >= 4 is 35.2 Å². The second-order valence-electron chi connectivity index (χ2n) is 5.68. The first-order chi connectivity index (χ1) is 11.3. The molecule has 0 spiro atoms. The van der Waals surface area contributed by atoms with E-state index in [-0.39, 0.29) is 21.5 Å². The van der Waals surface area contributed by atoms with Gasteiger partial charge in [-0.15, -0.1) is 0 Å². The Morgan fingerprint density at radius 2 is 2.08 bits per heavy atom. The largest absolute Gasteiger partial charge is 0.478 e. The lowest BCUT2D eigenvalue weighted by molar-refractivity contribution is -0.426. The van der Waals surface area contributed by atoms with Crippen LogP contribution in [-0.2, 0) is 4.79 Å². The van der Waals surface area contributed by atoms with Crippen LogP contribution >= 0.6 is 23.2 Å². The minimum absolute atomic E-state index is 0.0325. The van der Waals surface area contributed by atoms with Crippen LogP contribution in [0.2, 0.25) is 10.0 Å². The van der Waals surface area contributed by atoms with Gasteiger partial charge >= 0.3 is 5.97 Å². The third kappa shape index (κ3) is 3.65. The Kier molecular flexibility index (Phi) is 5.72. The van der Waals surface area contributed by atoms with E-state index in [0.717, 1.165) is 6.42 Å². The summed E-state index contributed by atoms with van der Waals surface area (Å²) in [5.74, 6) is -0.873. The van der Waals surface area contributed by atoms with Crippen molar-refractivity contribution in [3.8, 4) is 5.75 Å². The Balaban J connectivity index is 2.33. The highest BCUT2D eigenvalue weighted by atomic mass is 35.5. The molecule has 0 atom stereocenters. The molecule has 0 heterocycles. The van der Waals surface area contributed by atoms with Gasteiger partial charge in [0.2, 0.25) is 11.3 Å². The van der Waals surface area contributed by atoms with Gasteiger partial charge < -0.3 is 9.84 Å². The fourth-order valence-electron chi connectivity index (χ4n) is 2.46. The molecule has 0 radical (unpaired) electrons. The molecular weight excluding hydrogens is 357 g/mol. The SMILES string of the molecule is CCCC(=Cc1ccc(OC2(C(=O)O)CCC2)c(Cl)c1Cl)[N+](=O)[O-]. The first kappa shape index (κ1) is 18.5. The molecule has 8 heteroatoms. The van der Waals surface area contributed by atoms with E-state index >= 15 is 0 Å². The number of carboxylic acid groups (broad SMARTS) is 1. The van der Waals surface area contributed by atoms with Gasteiger partial charge in [0.15, 0.2) is 0 Å². The number of benzene rings is 1. The van der Waals surface area contributed by atoms with E-state index in [1.807, 2.05) is 6.92 Å². The van der Waals surface area contributed by atoms with Crippen LogP contribution in [0.4, 0.5) is 0 Å². The third-order valence-corrected chi connectivity index (χ3v) is 4.88. The number of hydrogen-bond acceptors (Lipinski definition) is 4. The molecule has 24 heavy (non-hydrogen) atoms. The maximum Gasteiger partial charge on any atom is 0.348 e. The first-order valence-electron chi connectivity index (χ1n) is 7.56. The zero-order valence-electron chi connectivity index (χ0n) is 13.1. The van der Waals surface area contributed by atoms with Crippen molar-refractivity contribution in [1.29, 1.82) is 0 Å². The molecule has 1 aromatic rings. The number of rotatable bonds is 7. The number of hydrogen-bond donors (Lipinski definition) is 1. The van der Waals surface area contributed by atoms with Crippen molar-refractivity contribution in [2.75, 3.05) is 0 Å². The third-order valence-electron chi connectivity index (χ3n) is 4.00. The van der Waals surface area contributed by atoms with Crippen LogP contribution in [0, 0.1) is 10.1 Å². The predicted molar refractivity (Wildman–Crippen MR) is 91.2 cm³/mol. The maximum absolute atomic E-state index is 11.4. The Morgan fingerprint density at radius 3 is 2.54 bits per heavy atom. The minimum atomic E-state index is -1.27. The lowest BCUT2D eigenvalue weighted by Crippen LogP contribution is -2.50. The monoisotopic (exact) mass is 373 g/mol. The summed E-state index contributed by atoms with van der Waals surface area (Å²) in [7, 11) is 0. The Bertz CT molecular complexity index is 698. The second-order valence-corrected chi connectivity index (χ2v) is 6.43. The van der Waals surface area contributed by atoms with E-state index in [4.69, 9.17) is 27.9 Å². The quantitative estimate of drug-likeness (QED) is 0.547. The van der Waals surface area contributed by atoms with Crippen LogP contribution in [0.3, 0.4) is 0 Å². The van der Waals surface area contributed by atoms with Gasteiger partial charge in [0.25, 0.3) is 0 Å². The van der Waals surface area contributed by atoms with E-state index in [1.165, 1.54) is 18.2 Å². The average Bonchev–Trinajstić information content (AvgIpc) is 2.48. The maximum atomic E-state index is 11.4. The van der Waals surface area contributed by atoms with E-state index in [9.17, 15) is 20.0 Å². The molecule has 0 aromatic heterocycles. The minimum Gasteiger partial charge on any atom is -0.478 e. The molecule has 1 N–H and O–H groups in total. The van der Waals surface area contributed by atoms with E-state index < -0.39 is 16.5 Å². The summed E-state index contributed by atoms with van der Waals surface area (Å²) in [6, 6.07) is 3.03. The van der Waals surface area contributed by atoms with Crippen molar-refractivity contribution in [2.24, 2.45) is 0 Å². The van der Waals surface area contributed by atoms with Gasteiger partial charge in [-0.05, 0) is 37.8 Å². The van der Waals surface area contributed by atoms with Crippen LogP contribution < -0.4 is 4.74 Å². The molecule has 0 amide bonds. The fourth-order valence-corrected chi connectivity index (χ4v) is 2.88. The van der Waals surface area contributed by atoms with Gasteiger partial charge in [0.05, 0.1) is 9.95 Å². The number of halogens is 2. The molecule has 1 aliphatic rings. The lowest BCUT2D eigenvalue weighted by atomic mass is 9.80. The predicted octanol–water partition coefficient (Wildman–Crippen LogP) is 4.80. The van der Waals surface area contributed by atoms with Crippen LogP contribution in [0.15, 0.2) is 17.8 Å². The second kappa shape index (κ2) is 7.40. The van der Waals surface area contributed by atoms with Crippen LogP contribution in [0.1, 0.15) is 44.6 Å². The molecule has 0 unspecified atom stereocenters. The Morgan fingerprint density at radius 1 is 1.42 bits per heavy atom. The first-order valence-corrected chi connectivity index (χ1v) is 8.31. The van der Waals surface area contributed by atoms with Gasteiger partial charge in [-0.2, -0.15) is 0 Å². The smallest absolute Gasteiger partial charge is 0.348 e. The zero-order chi connectivity index (χ0) is 17.9. The summed E-state index contributed by atoms with van der Waals surface area (Å²) in [4.78, 5) is 22.0. The Labute approximate surface area is 149 Å². The number of ether oxygens (including phenoxy) is 1. The molecule has 6 nitrogen and oxygen atoms in total. The van der Waals surface area contributed by atoms with Crippen molar-refractivity contribution < 1.29 is 19.6 Å². The summed E-state index contributed by atoms with van der Waals surface area (Å²) >= 11 is 12.4. The van der Waals surface area contributed by atoms with Gasteiger partial charge in [-0.25, -0.2) is 4.79 Å². The summed E-state index contributed by atoms with van der Waals surface area (Å²) in [5.41, 5.74) is -0.837. The molecule has 130 valence electrons. The van der Waals surface area contributed by atoms with Crippen molar-refractivity contribution in [3.05, 3.63) is 43.6 Å². The van der Waals surface area contributed by atoms with Crippen molar-refractivity contribution in [2.45, 2.75) is 44.6 Å². The van der Waals surface area contributed by atoms with Crippen LogP contribution in [0.5, 0.6) is 5.75 Å². The molecule has 0 bridgehead atoms. The molecule has 0 aliphatic heterocycles. The highest BCUT2D eigenvalue weighted by Crippen LogP contribution is 2.42. The molecule has 1 fully saturated rings. The number of carboxylic acids is 1. The topological polar surface area (TPSA) is 89.7 Å². The van der Waals surface area contributed by atoms with Gasteiger partial charge in [0.1, 0.15) is 10.8 Å². The van der Waals surface area contributed by atoms with E-state index in [0.29, 0.717) is 31.2 Å². The van der Waals surface area contributed by atoms with E-state index in [2.05, 4.69) is 0 Å². The molecule has 2 rings (SSSR count). The number of nitro groups is 1.